The standard InChI is InChI=1S/C26H27ClN4O5/c1-33-22-8-4-6-17(24(22)34-2)23-18-14-16(27)9-10-19(18)31-13-5-7-20(31)21(36-23)11-12-29-25(30-15-28)26(32)35-3/h4-10,13-15,21,23H,11-12H2,1-3H3,(H2,28,29,30)/p+1/t21-,23-/m1/s1. The summed E-state index contributed by atoms with van der Waals surface area (Å²) in [5, 5.41) is 0.593. The van der Waals surface area contributed by atoms with E-state index in [1.54, 1.807) is 14.2 Å². The second-order valence-electron chi connectivity index (χ2n) is 7.93. The lowest BCUT2D eigenvalue weighted by atomic mass is 9.98. The number of amidine groups is 1. The highest BCUT2D eigenvalue weighted by Gasteiger charge is 2.33. The number of benzene rings is 2. The minimum Gasteiger partial charge on any atom is -0.493 e. The van der Waals surface area contributed by atoms with Crippen LogP contribution in [0, 0.1) is 0 Å². The summed E-state index contributed by atoms with van der Waals surface area (Å²) in [7, 11) is 4.48. The molecule has 10 heteroatoms. The van der Waals surface area contributed by atoms with Gasteiger partial charge >= 0.3 is 11.8 Å². The Balaban J connectivity index is 1.79. The van der Waals surface area contributed by atoms with Crippen molar-refractivity contribution in [2.45, 2.75) is 18.6 Å². The first-order valence-electron chi connectivity index (χ1n) is 11.3. The number of aliphatic imine (C=N–C) groups is 1. The van der Waals surface area contributed by atoms with Crippen LogP contribution in [0.1, 0.15) is 35.4 Å². The zero-order valence-electron chi connectivity index (χ0n) is 20.2. The van der Waals surface area contributed by atoms with Gasteiger partial charge in [0, 0.05) is 28.8 Å². The number of hydrogen-bond donors (Lipinski definition) is 2. The number of aromatic nitrogens is 1. The van der Waals surface area contributed by atoms with Gasteiger partial charge in [0.05, 0.1) is 39.3 Å². The number of halogens is 1. The van der Waals surface area contributed by atoms with Crippen molar-refractivity contribution in [1.29, 1.82) is 0 Å². The summed E-state index contributed by atoms with van der Waals surface area (Å²) in [5.41, 5.74) is 8.96. The third kappa shape index (κ3) is 4.93. The number of fused-ring (bicyclic) bond motifs is 3. The Hall–Kier alpha value is -3.82. The number of nitrogens with two attached hydrogens (primary N) is 1. The quantitative estimate of drug-likeness (QED) is 0.298. The topological polar surface area (TPSA) is 111 Å². The SMILES string of the molecule is COC(=O)C(N=CN)=[NH+]CC[C@H]1O[C@H](c2cccc(OC)c2OC)c2cc(Cl)ccc2-n2cccc21. The second-order valence-corrected chi connectivity index (χ2v) is 8.36. The van der Waals surface area contributed by atoms with Gasteiger partial charge in [0.1, 0.15) is 12.2 Å². The summed E-state index contributed by atoms with van der Waals surface area (Å²) in [6, 6.07) is 15.4. The number of para-hydroxylation sites is 1. The lowest BCUT2D eigenvalue weighted by Gasteiger charge is -2.25. The molecule has 2 aromatic carbocycles. The van der Waals surface area contributed by atoms with Gasteiger partial charge in [0.25, 0.3) is 0 Å². The van der Waals surface area contributed by atoms with Gasteiger partial charge in [-0.25, -0.2) is 4.79 Å². The summed E-state index contributed by atoms with van der Waals surface area (Å²) in [5.74, 6) is 0.590. The Morgan fingerprint density at radius 2 is 2.00 bits per heavy atom. The van der Waals surface area contributed by atoms with Gasteiger partial charge in [-0.3, -0.25) is 4.99 Å². The maximum absolute atomic E-state index is 12.0. The fourth-order valence-corrected chi connectivity index (χ4v) is 4.56. The highest BCUT2D eigenvalue weighted by atomic mass is 35.5. The minimum absolute atomic E-state index is 0.0186. The van der Waals surface area contributed by atoms with Gasteiger partial charge in [0.15, 0.2) is 11.5 Å². The molecular formula is C26H28ClN4O5+. The number of nitrogens with one attached hydrogen (secondary N) is 1. The van der Waals surface area contributed by atoms with Crippen LogP contribution in [-0.2, 0) is 14.3 Å². The van der Waals surface area contributed by atoms with Crippen molar-refractivity contribution in [2.24, 2.45) is 10.7 Å². The predicted octanol–water partition coefficient (Wildman–Crippen LogP) is 2.34. The molecule has 36 heavy (non-hydrogen) atoms. The van der Waals surface area contributed by atoms with Crippen molar-refractivity contribution < 1.29 is 28.7 Å². The first kappa shape index (κ1) is 25.3. The Morgan fingerprint density at radius 3 is 2.72 bits per heavy atom. The highest BCUT2D eigenvalue weighted by molar-refractivity contribution is 6.34. The molecule has 0 saturated carbocycles. The molecule has 1 aromatic heterocycles. The molecule has 0 aliphatic carbocycles. The first-order chi connectivity index (χ1) is 17.5. The fourth-order valence-electron chi connectivity index (χ4n) is 4.38. The van der Waals surface area contributed by atoms with E-state index >= 15 is 0 Å². The molecule has 2 heterocycles. The Kier molecular flexibility index (Phi) is 7.92. The van der Waals surface area contributed by atoms with E-state index in [2.05, 4.69) is 14.6 Å². The van der Waals surface area contributed by atoms with Gasteiger partial charge in [0.2, 0.25) is 6.34 Å². The summed E-state index contributed by atoms with van der Waals surface area (Å²) < 4.78 is 24.9. The zero-order chi connectivity index (χ0) is 25.7. The van der Waals surface area contributed by atoms with Gasteiger partial charge < -0.3 is 29.2 Å². The lowest BCUT2D eigenvalue weighted by molar-refractivity contribution is -0.460. The molecule has 188 valence electrons. The zero-order valence-corrected chi connectivity index (χ0v) is 21.0. The number of ether oxygens (including phenoxy) is 4. The molecule has 0 spiro atoms. The van der Waals surface area contributed by atoms with Crippen LogP contribution < -0.4 is 20.2 Å². The van der Waals surface area contributed by atoms with Crippen molar-refractivity contribution in [3.8, 4) is 17.2 Å². The van der Waals surface area contributed by atoms with Gasteiger partial charge in [-0.15, -0.1) is 0 Å². The summed E-state index contributed by atoms with van der Waals surface area (Å²) in [6.07, 6.45) is 2.66. The monoisotopic (exact) mass is 511 g/mol. The average molecular weight is 512 g/mol. The van der Waals surface area contributed by atoms with Crippen molar-refractivity contribution >= 4 is 29.7 Å². The van der Waals surface area contributed by atoms with Gasteiger partial charge in [-0.2, -0.15) is 0 Å². The van der Waals surface area contributed by atoms with Crippen LogP contribution in [0.25, 0.3) is 5.69 Å². The molecule has 3 N–H and O–H groups in total. The molecule has 3 aromatic rings. The number of methoxy groups -OCH3 is 3. The van der Waals surface area contributed by atoms with Crippen LogP contribution in [0.3, 0.4) is 0 Å². The first-order valence-corrected chi connectivity index (χ1v) is 11.7. The van der Waals surface area contributed by atoms with Crippen LogP contribution >= 0.6 is 11.6 Å². The molecule has 9 nitrogen and oxygen atoms in total. The molecule has 0 saturated heterocycles. The third-order valence-corrected chi connectivity index (χ3v) is 6.17. The van der Waals surface area contributed by atoms with Gasteiger partial charge in [-0.1, -0.05) is 23.7 Å². The molecule has 2 atom stereocenters. The number of hydrogen-bond acceptors (Lipinski definition) is 5. The van der Waals surface area contributed by atoms with Crippen LogP contribution in [0.15, 0.2) is 59.7 Å². The van der Waals surface area contributed by atoms with Crippen molar-refractivity contribution in [3.63, 3.8) is 0 Å². The van der Waals surface area contributed by atoms with E-state index in [1.807, 2.05) is 54.7 Å². The largest absolute Gasteiger partial charge is 0.493 e. The number of rotatable bonds is 6. The Labute approximate surface area is 214 Å². The second kappa shape index (κ2) is 11.3. The predicted molar refractivity (Wildman–Crippen MR) is 136 cm³/mol. The van der Waals surface area contributed by atoms with Crippen LogP contribution in [0.4, 0.5) is 0 Å². The third-order valence-electron chi connectivity index (χ3n) is 5.94. The normalized spacial score (nSPS) is 17.3. The maximum atomic E-state index is 12.0. The van der Waals surface area contributed by atoms with Crippen molar-refractivity contribution in [2.75, 3.05) is 27.9 Å². The Bertz CT molecular complexity index is 1300. The van der Waals surface area contributed by atoms with E-state index in [-0.39, 0.29) is 11.9 Å². The van der Waals surface area contributed by atoms with E-state index < -0.39 is 12.1 Å². The smallest absolute Gasteiger partial charge is 0.425 e. The van der Waals surface area contributed by atoms with E-state index in [0.29, 0.717) is 29.5 Å². The molecule has 0 bridgehead atoms. The summed E-state index contributed by atoms with van der Waals surface area (Å²) >= 11 is 6.44. The van der Waals surface area contributed by atoms with Crippen molar-refractivity contribution in [3.05, 3.63) is 76.6 Å². The number of esters is 1. The van der Waals surface area contributed by atoms with E-state index in [4.69, 9.17) is 36.3 Å². The molecule has 1 aliphatic rings. The summed E-state index contributed by atoms with van der Waals surface area (Å²) in [6.45, 7) is 0.372. The van der Waals surface area contributed by atoms with Crippen LogP contribution in [0.2, 0.25) is 5.02 Å². The molecule has 4 rings (SSSR count). The van der Waals surface area contributed by atoms with E-state index in [0.717, 1.165) is 28.8 Å². The molecule has 0 amide bonds. The van der Waals surface area contributed by atoms with Crippen LogP contribution in [-0.4, -0.2) is 50.6 Å². The molecule has 0 radical (unpaired) electrons. The van der Waals surface area contributed by atoms with Gasteiger partial charge in [-0.05, 0) is 41.4 Å². The summed E-state index contributed by atoms with van der Waals surface area (Å²) in [4.78, 5) is 18.8. The average Bonchev–Trinajstić information content (AvgIpc) is 3.34. The number of carbonyl (C=O) groups excluding carboxylic acids is 1. The molecular weight excluding hydrogens is 484 g/mol. The number of nitrogens with zero attached hydrogens (tertiary/aromatic N) is 2. The molecule has 0 unspecified atom stereocenters. The highest BCUT2D eigenvalue weighted by Crippen LogP contribution is 2.46. The Morgan fingerprint density at radius 1 is 1.17 bits per heavy atom. The minimum atomic E-state index is -0.608. The van der Waals surface area contributed by atoms with Crippen molar-refractivity contribution in [1.82, 2.24) is 4.57 Å². The van der Waals surface area contributed by atoms with E-state index in [1.165, 1.54) is 7.11 Å². The lowest BCUT2D eigenvalue weighted by Crippen LogP contribution is -2.74. The maximum Gasteiger partial charge on any atom is 0.425 e. The van der Waals surface area contributed by atoms with E-state index in [9.17, 15) is 4.79 Å². The number of carbonyl (C=O) groups is 1. The fraction of sp³-hybridized carbons (Fsp3) is 0.269. The molecule has 1 aliphatic heterocycles. The molecule has 0 fully saturated rings. The van der Waals surface area contributed by atoms with Crippen LogP contribution in [0.5, 0.6) is 11.5 Å².